The Morgan fingerprint density at radius 2 is 1.75 bits per heavy atom. The Labute approximate surface area is 99.8 Å². The number of benzene rings is 2. The van der Waals surface area contributed by atoms with Crippen molar-refractivity contribution < 1.29 is 4.74 Å². The standard InChI is InChI=1S/C13H12ClNO/c1-16-13-7-5-11(6-8-13)15-12-4-2-3-10(14)9-12/h2-9,15H,1H3. The summed E-state index contributed by atoms with van der Waals surface area (Å²) in [6.07, 6.45) is 0. The second-order valence-corrected chi connectivity index (χ2v) is 3.80. The maximum absolute atomic E-state index is 5.90. The van der Waals surface area contributed by atoms with Crippen molar-refractivity contribution in [2.24, 2.45) is 0 Å². The first-order valence-electron chi connectivity index (χ1n) is 4.94. The Bertz CT molecular complexity index is 468. The number of halogens is 1. The van der Waals surface area contributed by atoms with Crippen molar-refractivity contribution in [3.05, 3.63) is 53.6 Å². The summed E-state index contributed by atoms with van der Waals surface area (Å²) >= 11 is 5.90. The number of ether oxygens (including phenoxy) is 1. The van der Waals surface area contributed by atoms with E-state index in [0.717, 1.165) is 22.1 Å². The Balaban J connectivity index is 2.14. The second-order valence-electron chi connectivity index (χ2n) is 3.36. The molecule has 0 spiro atoms. The van der Waals surface area contributed by atoms with E-state index in [1.54, 1.807) is 7.11 Å². The van der Waals surface area contributed by atoms with Gasteiger partial charge < -0.3 is 10.1 Å². The van der Waals surface area contributed by atoms with E-state index in [1.807, 2.05) is 48.5 Å². The maximum Gasteiger partial charge on any atom is 0.119 e. The van der Waals surface area contributed by atoms with Crippen LogP contribution in [-0.4, -0.2) is 7.11 Å². The summed E-state index contributed by atoms with van der Waals surface area (Å²) in [5, 5.41) is 3.98. The summed E-state index contributed by atoms with van der Waals surface area (Å²) < 4.78 is 5.09. The molecule has 2 aromatic carbocycles. The fourth-order valence-corrected chi connectivity index (χ4v) is 1.60. The minimum Gasteiger partial charge on any atom is -0.497 e. The van der Waals surface area contributed by atoms with E-state index >= 15 is 0 Å². The van der Waals surface area contributed by atoms with Crippen LogP contribution in [0.1, 0.15) is 0 Å². The molecule has 2 aromatic rings. The van der Waals surface area contributed by atoms with Crippen molar-refractivity contribution >= 4 is 23.0 Å². The van der Waals surface area contributed by atoms with Crippen LogP contribution in [0.25, 0.3) is 0 Å². The molecule has 0 saturated heterocycles. The minimum absolute atomic E-state index is 0.721. The Morgan fingerprint density at radius 3 is 2.38 bits per heavy atom. The lowest BCUT2D eigenvalue weighted by molar-refractivity contribution is 0.415. The minimum atomic E-state index is 0.721. The topological polar surface area (TPSA) is 21.3 Å². The molecule has 0 fully saturated rings. The highest BCUT2D eigenvalue weighted by atomic mass is 35.5. The molecule has 0 bridgehead atoms. The quantitative estimate of drug-likeness (QED) is 0.862. The van der Waals surface area contributed by atoms with Gasteiger partial charge in [-0.15, -0.1) is 0 Å². The van der Waals surface area contributed by atoms with Crippen LogP contribution in [0.2, 0.25) is 5.02 Å². The van der Waals surface area contributed by atoms with Crippen molar-refractivity contribution in [3.63, 3.8) is 0 Å². The van der Waals surface area contributed by atoms with Crippen LogP contribution in [0.4, 0.5) is 11.4 Å². The summed E-state index contributed by atoms with van der Waals surface area (Å²) in [5.41, 5.74) is 1.97. The highest BCUT2D eigenvalue weighted by Crippen LogP contribution is 2.21. The van der Waals surface area contributed by atoms with Crippen molar-refractivity contribution in [3.8, 4) is 5.75 Å². The molecule has 0 amide bonds. The van der Waals surface area contributed by atoms with E-state index in [1.165, 1.54) is 0 Å². The largest absolute Gasteiger partial charge is 0.497 e. The number of rotatable bonds is 3. The third-order valence-electron chi connectivity index (χ3n) is 2.20. The Hall–Kier alpha value is -1.67. The highest BCUT2D eigenvalue weighted by molar-refractivity contribution is 6.30. The lowest BCUT2D eigenvalue weighted by Crippen LogP contribution is -1.90. The lowest BCUT2D eigenvalue weighted by Gasteiger charge is -2.07. The van der Waals surface area contributed by atoms with Crippen LogP contribution in [0.15, 0.2) is 48.5 Å². The molecule has 0 aliphatic heterocycles. The maximum atomic E-state index is 5.90. The molecule has 0 radical (unpaired) electrons. The number of methoxy groups -OCH3 is 1. The highest BCUT2D eigenvalue weighted by Gasteiger charge is 1.96. The average molecular weight is 234 g/mol. The summed E-state index contributed by atoms with van der Waals surface area (Å²) in [5.74, 6) is 0.844. The first-order valence-corrected chi connectivity index (χ1v) is 5.32. The van der Waals surface area contributed by atoms with E-state index in [2.05, 4.69) is 5.32 Å². The SMILES string of the molecule is COc1ccc(Nc2cccc(Cl)c2)cc1. The van der Waals surface area contributed by atoms with Gasteiger partial charge in [0.25, 0.3) is 0 Å². The molecule has 0 aliphatic rings. The summed E-state index contributed by atoms with van der Waals surface area (Å²) in [7, 11) is 1.65. The fourth-order valence-electron chi connectivity index (χ4n) is 1.41. The summed E-state index contributed by atoms with van der Waals surface area (Å²) in [6.45, 7) is 0. The first-order chi connectivity index (χ1) is 7.78. The van der Waals surface area contributed by atoms with Crippen LogP contribution in [-0.2, 0) is 0 Å². The number of hydrogen-bond donors (Lipinski definition) is 1. The van der Waals surface area contributed by atoms with E-state index in [0.29, 0.717) is 0 Å². The molecular formula is C13H12ClNO. The lowest BCUT2D eigenvalue weighted by atomic mass is 10.2. The van der Waals surface area contributed by atoms with Gasteiger partial charge in [-0.2, -0.15) is 0 Å². The molecule has 0 saturated carbocycles. The normalized spacial score (nSPS) is 9.88. The van der Waals surface area contributed by atoms with Crippen LogP contribution in [0, 0.1) is 0 Å². The van der Waals surface area contributed by atoms with Crippen molar-refractivity contribution in [1.82, 2.24) is 0 Å². The zero-order valence-electron chi connectivity index (χ0n) is 8.91. The average Bonchev–Trinajstić information content (AvgIpc) is 2.30. The molecule has 2 nitrogen and oxygen atoms in total. The van der Waals surface area contributed by atoms with Crippen LogP contribution < -0.4 is 10.1 Å². The van der Waals surface area contributed by atoms with Gasteiger partial charge in [0.1, 0.15) is 5.75 Å². The van der Waals surface area contributed by atoms with Gasteiger partial charge in [0, 0.05) is 16.4 Å². The summed E-state index contributed by atoms with van der Waals surface area (Å²) in [6, 6.07) is 15.3. The van der Waals surface area contributed by atoms with Crippen LogP contribution in [0.3, 0.4) is 0 Å². The van der Waals surface area contributed by atoms with Gasteiger partial charge in [-0.25, -0.2) is 0 Å². The molecule has 2 rings (SSSR count). The molecule has 16 heavy (non-hydrogen) atoms. The molecule has 0 atom stereocenters. The van der Waals surface area contributed by atoms with E-state index in [-0.39, 0.29) is 0 Å². The monoisotopic (exact) mass is 233 g/mol. The van der Waals surface area contributed by atoms with E-state index in [9.17, 15) is 0 Å². The smallest absolute Gasteiger partial charge is 0.119 e. The molecule has 82 valence electrons. The van der Waals surface area contributed by atoms with Crippen molar-refractivity contribution in [2.45, 2.75) is 0 Å². The molecular weight excluding hydrogens is 222 g/mol. The molecule has 0 heterocycles. The number of hydrogen-bond acceptors (Lipinski definition) is 2. The zero-order chi connectivity index (χ0) is 11.4. The number of anilines is 2. The fraction of sp³-hybridized carbons (Fsp3) is 0.0769. The molecule has 3 heteroatoms. The predicted octanol–water partition coefficient (Wildman–Crippen LogP) is 4.09. The van der Waals surface area contributed by atoms with Crippen LogP contribution in [0.5, 0.6) is 5.75 Å². The van der Waals surface area contributed by atoms with Gasteiger partial charge >= 0.3 is 0 Å². The van der Waals surface area contributed by atoms with Gasteiger partial charge in [-0.1, -0.05) is 17.7 Å². The second kappa shape index (κ2) is 4.90. The van der Waals surface area contributed by atoms with Crippen LogP contribution >= 0.6 is 11.6 Å². The Kier molecular flexibility index (Phi) is 3.32. The third kappa shape index (κ3) is 2.67. The zero-order valence-corrected chi connectivity index (χ0v) is 9.66. The summed E-state index contributed by atoms with van der Waals surface area (Å²) in [4.78, 5) is 0. The van der Waals surface area contributed by atoms with Crippen molar-refractivity contribution in [1.29, 1.82) is 0 Å². The molecule has 1 N–H and O–H groups in total. The molecule has 0 aromatic heterocycles. The van der Waals surface area contributed by atoms with Gasteiger partial charge in [0.15, 0.2) is 0 Å². The molecule has 0 unspecified atom stereocenters. The van der Waals surface area contributed by atoms with Gasteiger partial charge in [-0.3, -0.25) is 0 Å². The van der Waals surface area contributed by atoms with Gasteiger partial charge in [0.05, 0.1) is 7.11 Å². The third-order valence-corrected chi connectivity index (χ3v) is 2.44. The van der Waals surface area contributed by atoms with Gasteiger partial charge in [0.2, 0.25) is 0 Å². The van der Waals surface area contributed by atoms with Crippen molar-refractivity contribution in [2.75, 3.05) is 12.4 Å². The number of nitrogens with one attached hydrogen (secondary N) is 1. The first kappa shape index (κ1) is 10.8. The predicted molar refractivity (Wildman–Crippen MR) is 67.7 cm³/mol. The molecule has 0 aliphatic carbocycles. The Morgan fingerprint density at radius 1 is 1.00 bits per heavy atom. The van der Waals surface area contributed by atoms with E-state index < -0.39 is 0 Å². The van der Waals surface area contributed by atoms with Gasteiger partial charge in [-0.05, 0) is 42.5 Å². The van der Waals surface area contributed by atoms with E-state index in [4.69, 9.17) is 16.3 Å².